The molecule has 1 spiro atoms. The number of pyridine rings is 1. The van der Waals surface area contributed by atoms with Gasteiger partial charge in [-0.05, 0) is 82.8 Å². The molecule has 1 aromatic carbocycles. The maximum absolute atomic E-state index is 12.9. The summed E-state index contributed by atoms with van der Waals surface area (Å²) in [6, 6.07) is 9.41. The Morgan fingerprint density at radius 3 is 2.38 bits per heavy atom. The van der Waals surface area contributed by atoms with Crippen molar-refractivity contribution in [1.29, 1.82) is 0 Å². The van der Waals surface area contributed by atoms with Crippen molar-refractivity contribution in [1.82, 2.24) is 4.98 Å². The normalized spacial score (nSPS) is 18.9. The summed E-state index contributed by atoms with van der Waals surface area (Å²) in [6.07, 6.45) is 10.7. The molecule has 1 saturated heterocycles. The van der Waals surface area contributed by atoms with E-state index < -0.39 is 5.79 Å². The Bertz CT molecular complexity index is 1350. The van der Waals surface area contributed by atoms with E-state index in [2.05, 4.69) is 10.3 Å². The van der Waals surface area contributed by atoms with Gasteiger partial charge in [-0.25, -0.2) is 0 Å². The minimum Gasteiger partial charge on any atom is -0.497 e. The second-order valence-electron chi connectivity index (χ2n) is 8.62. The van der Waals surface area contributed by atoms with Crippen molar-refractivity contribution in [3.05, 3.63) is 101 Å². The zero-order chi connectivity index (χ0) is 26.0. The lowest BCUT2D eigenvalue weighted by Gasteiger charge is -2.32. The first-order valence-corrected chi connectivity index (χ1v) is 11.8. The molecule has 0 radical (unpaired) electrons. The highest BCUT2D eigenvalue weighted by Crippen LogP contribution is 2.45. The van der Waals surface area contributed by atoms with Crippen LogP contribution in [0.25, 0.3) is 11.1 Å². The standard InChI is InChI=1S/C29H28N2O6/c1-18-23(12-19-13-26(34-3)29(27(14-19)35-4)36-10-11-37-29)22-8-7-21(33-2)15-25(22)24(18)16-28(32)31-20-6-5-9-30-17-20/h5-9,12-17H,10-11H2,1-4H3,(H,31,32). The van der Waals surface area contributed by atoms with Crippen LogP contribution in [-0.4, -0.2) is 51.2 Å². The van der Waals surface area contributed by atoms with Crippen LogP contribution in [0.15, 0.2) is 89.7 Å². The molecule has 2 aliphatic carbocycles. The van der Waals surface area contributed by atoms with Gasteiger partial charge in [-0.1, -0.05) is 6.07 Å². The number of carbonyl (C=O) groups excluding carboxylic acids is 1. The Morgan fingerprint density at radius 1 is 1.03 bits per heavy atom. The lowest BCUT2D eigenvalue weighted by Crippen LogP contribution is -2.38. The molecule has 8 nitrogen and oxygen atoms in total. The van der Waals surface area contributed by atoms with Gasteiger partial charge in [0.2, 0.25) is 5.91 Å². The van der Waals surface area contributed by atoms with Crippen molar-refractivity contribution in [2.24, 2.45) is 0 Å². The van der Waals surface area contributed by atoms with Gasteiger partial charge >= 0.3 is 0 Å². The predicted octanol–water partition coefficient (Wildman–Crippen LogP) is 4.64. The monoisotopic (exact) mass is 500 g/mol. The van der Waals surface area contributed by atoms with Crippen LogP contribution < -0.4 is 10.1 Å². The van der Waals surface area contributed by atoms with E-state index in [0.29, 0.717) is 36.2 Å². The highest BCUT2D eigenvalue weighted by Gasteiger charge is 2.49. The van der Waals surface area contributed by atoms with Crippen LogP contribution in [-0.2, 0) is 23.7 Å². The molecular formula is C29H28N2O6. The molecular weight excluding hydrogens is 472 g/mol. The molecule has 1 N–H and O–H groups in total. The van der Waals surface area contributed by atoms with Crippen molar-refractivity contribution in [3.8, 4) is 5.75 Å². The first-order valence-electron chi connectivity index (χ1n) is 11.8. The molecule has 0 unspecified atom stereocenters. The summed E-state index contributed by atoms with van der Waals surface area (Å²) in [5.41, 5.74) is 6.09. The van der Waals surface area contributed by atoms with Crippen LogP contribution in [0.2, 0.25) is 0 Å². The lowest BCUT2D eigenvalue weighted by molar-refractivity contribution is -0.150. The SMILES string of the molecule is COC1=CC(=CC2=C(C)C(=CC(=O)Nc3cccnc3)c3cc(OC)ccc32)C=C(OC)C12OCCO2. The molecule has 1 aromatic heterocycles. The second-order valence-corrected chi connectivity index (χ2v) is 8.62. The molecule has 2 heterocycles. The molecule has 37 heavy (non-hydrogen) atoms. The molecule has 1 fully saturated rings. The van der Waals surface area contributed by atoms with Gasteiger partial charge in [-0.2, -0.15) is 0 Å². The van der Waals surface area contributed by atoms with Crippen LogP contribution in [0.4, 0.5) is 5.69 Å². The average Bonchev–Trinajstić information content (AvgIpc) is 3.49. The number of amides is 1. The second kappa shape index (κ2) is 10.1. The third kappa shape index (κ3) is 4.45. The van der Waals surface area contributed by atoms with E-state index in [1.165, 1.54) is 0 Å². The van der Waals surface area contributed by atoms with E-state index in [1.807, 2.05) is 43.4 Å². The summed E-state index contributed by atoms with van der Waals surface area (Å²) >= 11 is 0. The molecule has 0 atom stereocenters. The minimum atomic E-state index is -1.17. The summed E-state index contributed by atoms with van der Waals surface area (Å²) in [5.74, 6) is 0.308. The minimum absolute atomic E-state index is 0.247. The molecule has 3 aliphatic rings. The van der Waals surface area contributed by atoms with E-state index in [4.69, 9.17) is 23.7 Å². The largest absolute Gasteiger partial charge is 0.497 e. The Morgan fingerprint density at radius 2 is 1.76 bits per heavy atom. The molecule has 8 heteroatoms. The Balaban J connectivity index is 1.58. The van der Waals surface area contributed by atoms with E-state index in [9.17, 15) is 4.79 Å². The maximum atomic E-state index is 12.9. The fourth-order valence-corrected chi connectivity index (χ4v) is 4.76. The highest BCUT2D eigenvalue weighted by atomic mass is 16.8. The summed E-state index contributed by atoms with van der Waals surface area (Å²) in [7, 11) is 4.79. The van der Waals surface area contributed by atoms with Gasteiger partial charge < -0.3 is 29.0 Å². The number of rotatable bonds is 6. The Hall–Kier alpha value is -4.14. The molecule has 2 aromatic rings. The number of benzene rings is 1. The Kier molecular flexibility index (Phi) is 6.69. The number of anilines is 1. The smallest absolute Gasteiger partial charge is 0.288 e. The van der Waals surface area contributed by atoms with Crippen LogP contribution in [0.3, 0.4) is 0 Å². The molecule has 0 saturated carbocycles. The van der Waals surface area contributed by atoms with Crippen LogP contribution in [0.1, 0.15) is 18.1 Å². The quantitative estimate of drug-likeness (QED) is 0.578. The van der Waals surface area contributed by atoms with Crippen LogP contribution in [0, 0.1) is 0 Å². The molecule has 1 aliphatic heterocycles. The molecule has 0 bridgehead atoms. The van der Waals surface area contributed by atoms with Crippen LogP contribution in [0.5, 0.6) is 5.75 Å². The molecule has 190 valence electrons. The van der Waals surface area contributed by atoms with Gasteiger partial charge in [0.1, 0.15) is 5.75 Å². The van der Waals surface area contributed by atoms with Crippen molar-refractivity contribution >= 4 is 22.7 Å². The number of hydrogen-bond donors (Lipinski definition) is 1. The first-order chi connectivity index (χ1) is 18.0. The summed E-state index contributed by atoms with van der Waals surface area (Å²) in [5, 5.41) is 2.87. The number of fused-ring (bicyclic) bond motifs is 1. The predicted molar refractivity (Wildman–Crippen MR) is 139 cm³/mol. The van der Waals surface area contributed by atoms with Crippen molar-refractivity contribution in [2.45, 2.75) is 12.7 Å². The van der Waals surface area contributed by atoms with Gasteiger partial charge in [0.15, 0.2) is 11.5 Å². The zero-order valence-electron chi connectivity index (χ0n) is 21.2. The number of allylic oxidation sites excluding steroid dienone is 7. The average molecular weight is 501 g/mol. The van der Waals surface area contributed by atoms with Gasteiger partial charge in [-0.3, -0.25) is 9.78 Å². The number of aromatic nitrogens is 1. The fraction of sp³-hybridized carbons (Fsp3) is 0.241. The van der Waals surface area contributed by atoms with E-state index in [-0.39, 0.29) is 5.91 Å². The van der Waals surface area contributed by atoms with Crippen molar-refractivity contribution in [2.75, 3.05) is 39.9 Å². The number of hydrogen-bond acceptors (Lipinski definition) is 7. The molecule has 5 rings (SSSR count). The topological polar surface area (TPSA) is 88.1 Å². The number of methoxy groups -OCH3 is 3. The molecule has 1 amide bonds. The summed E-state index contributed by atoms with van der Waals surface area (Å²) in [4.78, 5) is 17.0. The maximum Gasteiger partial charge on any atom is 0.288 e. The third-order valence-corrected chi connectivity index (χ3v) is 6.51. The van der Waals surface area contributed by atoms with E-state index in [0.717, 1.165) is 33.4 Å². The van der Waals surface area contributed by atoms with Crippen molar-refractivity contribution in [3.63, 3.8) is 0 Å². The number of ether oxygens (including phenoxy) is 5. The van der Waals surface area contributed by atoms with Crippen molar-refractivity contribution < 1.29 is 28.5 Å². The summed E-state index contributed by atoms with van der Waals surface area (Å²) < 4.78 is 28.6. The number of carbonyl (C=O) groups is 1. The van der Waals surface area contributed by atoms with Gasteiger partial charge in [0.05, 0.1) is 46.4 Å². The number of nitrogens with one attached hydrogen (secondary N) is 1. The fourth-order valence-electron chi connectivity index (χ4n) is 4.76. The van der Waals surface area contributed by atoms with E-state index >= 15 is 0 Å². The van der Waals surface area contributed by atoms with Crippen LogP contribution >= 0.6 is 0 Å². The Labute approximate surface area is 215 Å². The zero-order valence-corrected chi connectivity index (χ0v) is 21.2. The summed E-state index contributed by atoms with van der Waals surface area (Å²) in [6.45, 7) is 2.88. The lowest BCUT2D eigenvalue weighted by atomic mass is 9.96. The highest BCUT2D eigenvalue weighted by molar-refractivity contribution is 6.12. The third-order valence-electron chi connectivity index (χ3n) is 6.51. The van der Waals surface area contributed by atoms with Gasteiger partial charge in [-0.15, -0.1) is 0 Å². The number of nitrogens with zero attached hydrogens (tertiary/aromatic N) is 1. The first kappa shape index (κ1) is 24.5. The van der Waals surface area contributed by atoms with E-state index in [1.54, 1.807) is 51.9 Å². The van der Waals surface area contributed by atoms with Gasteiger partial charge in [0.25, 0.3) is 5.79 Å². The van der Waals surface area contributed by atoms with Gasteiger partial charge in [0, 0.05) is 12.3 Å².